The van der Waals surface area contributed by atoms with Gasteiger partial charge in [-0.15, -0.1) is 5.10 Å². The molecular weight excluding hydrogens is 504 g/mol. The zero-order chi connectivity index (χ0) is 27.8. The molecule has 8 heteroatoms. The van der Waals surface area contributed by atoms with E-state index in [4.69, 9.17) is 4.74 Å². The van der Waals surface area contributed by atoms with Gasteiger partial charge in [0, 0.05) is 36.7 Å². The lowest BCUT2D eigenvalue weighted by Gasteiger charge is -2.30. The van der Waals surface area contributed by atoms with Crippen molar-refractivity contribution in [3.05, 3.63) is 87.5 Å². The second-order valence-corrected chi connectivity index (χ2v) is 11.0. The Hall–Kier alpha value is -4.20. The highest BCUT2D eigenvalue weighted by Gasteiger charge is 2.27. The van der Waals surface area contributed by atoms with Gasteiger partial charge in [-0.1, -0.05) is 35.5 Å². The lowest BCUT2D eigenvalue weighted by Crippen LogP contribution is -2.36. The van der Waals surface area contributed by atoms with Crippen LogP contribution in [0.5, 0.6) is 5.75 Å². The van der Waals surface area contributed by atoms with Crippen LogP contribution in [0.15, 0.2) is 48.5 Å². The number of rotatable bonds is 2. The summed E-state index contributed by atoms with van der Waals surface area (Å²) in [5.41, 5.74) is 8.40. The number of carbonyl (C=O) groups is 2. The maximum absolute atomic E-state index is 13.7. The number of hydrogen-bond donors (Lipinski definition) is 1. The minimum absolute atomic E-state index is 0.00403. The van der Waals surface area contributed by atoms with E-state index in [1.54, 1.807) is 0 Å². The highest BCUT2D eigenvalue weighted by atomic mass is 16.5. The van der Waals surface area contributed by atoms with Crippen molar-refractivity contribution < 1.29 is 19.4 Å². The molecule has 1 N–H and O–H groups in total. The van der Waals surface area contributed by atoms with E-state index in [1.165, 1.54) is 5.56 Å². The van der Waals surface area contributed by atoms with Gasteiger partial charge in [-0.2, -0.15) is 0 Å². The van der Waals surface area contributed by atoms with E-state index in [0.29, 0.717) is 25.3 Å². The van der Waals surface area contributed by atoms with Crippen molar-refractivity contribution in [2.45, 2.75) is 65.0 Å². The first-order chi connectivity index (χ1) is 19.4. The quantitative estimate of drug-likeness (QED) is 0.366. The molecule has 1 amide bonds. The van der Waals surface area contributed by atoms with E-state index in [2.05, 4.69) is 22.4 Å². The van der Waals surface area contributed by atoms with Crippen LogP contribution in [0.1, 0.15) is 75.3 Å². The van der Waals surface area contributed by atoms with Gasteiger partial charge in [-0.05, 0) is 85.5 Å². The number of ether oxygens (including phenoxy) is 1. The molecule has 1 atom stereocenters. The Balaban J connectivity index is 1.44. The van der Waals surface area contributed by atoms with Crippen molar-refractivity contribution in [3.63, 3.8) is 0 Å². The summed E-state index contributed by atoms with van der Waals surface area (Å²) < 4.78 is 8.05. The van der Waals surface area contributed by atoms with E-state index in [0.717, 1.165) is 76.8 Å². The van der Waals surface area contributed by atoms with Crippen molar-refractivity contribution >= 4 is 22.9 Å². The number of carboxylic acid groups (broad SMARTS) is 1. The number of carbonyl (C=O) groups excluding carboxylic acids is 1. The molecule has 3 aromatic carbocycles. The minimum atomic E-state index is -0.856. The number of aromatic nitrogens is 3. The van der Waals surface area contributed by atoms with Crippen LogP contribution in [0.25, 0.3) is 11.0 Å². The highest BCUT2D eigenvalue weighted by molar-refractivity contribution is 5.96. The Bertz CT molecular complexity index is 1610. The fraction of sp³-hybridized carbons (Fsp3) is 0.375. The fourth-order valence-electron chi connectivity index (χ4n) is 6.17. The van der Waals surface area contributed by atoms with Crippen LogP contribution < -0.4 is 4.74 Å². The smallest absolute Gasteiger partial charge is 0.304 e. The van der Waals surface area contributed by atoms with E-state index in [9.17, 15) is 14.7 Å². The van der Waals surface area contributed by atoms with Gasteiger partial charge in [0.05, 0.1) is 18.5 Å². The van der Waals surface area contributed by atoms with Crippen LogP contribution in [-0.4, -0.2) is 50.0 Å². The van der Waals surface area contributed by atoms with Crippen molar-refractivity contribution in [3.8, 4) is 5.75 Å². The Morgan fingerprint density at radius 1 is 1.02 bits per heavy atom. The van der Waals surface area contributed by atoms with E-state index in [1.807, 2.05) is 59.8 Å². The molecule has 1 unspecified atom stereocenters. The summed E-state index contributed by atoms with van der Waals surface area (Å²) in [6.07, 6.45) is 3.53. The third-order valence-corrected chi connectivity index (χ3v) is 8.46. The van der Waals surface area contributed by atoms with Gasteiger partial charge in [0.15, 0.2) is 0 Å². The summed E-state index contributed by atoms with van der Waals surface area (Å²) >= 11 is 0. The van der Waals surface area contributed by atoms with Gasteiger partial charge in [-0.25, -0.2) is 4.68 Å². The summed E-state index contributed by atoms with van der Waals surface area (Å²) in [7, 11) is 0. The van der Waals surface area contributed by atoms with Crippen LogP contribution in [0.3, 0.4) is 0 Å². The molecule has 8 nitrogen and oxygen atoms in total. The van der Waals surface area contributed by atoms with Gasteiger partial charge < -0.3 is 14.7 Å². The molecule has 7 rings (SSSR count). The summed E-state index contributed by atoms with van der Waals surface area (Å²) in [5.74, 6) is -0.448. The molecule has 40 heavy (non-hydrogen) atoms. The summed E-state index contributed by atoms with van der Waals surface area (Å²) in [4.78, 5) is 27.6. The average Bonchev–Trinajstić information content (AvgIpc) is 3.37. The number of aliphatic carboxylic acids is 1. The third-order valence-electron chi connectivity index (χ3n) is 8.46. The molecule has 4 heterocycles. The molecule has 0 saturated heterocycles. The molecule has 206 valence electrons. The molecule has 9 bridgehead atoms. The number of benzene rings is 3. The summed E-state index contributed by atoms with van der Waals surface area (Å²) in [6, 6.07) is 16.0. The van der Waals surface area contributed by atoms with E-state index < -0.39 is 5.97 Å². The Labute approximate surface area is 233 Å². The Morgan fingerprint density at radius 3 is 2.75 bits per heavy atom. The maximum atomic E-state index is 13.7. The van der Waals surface area contributed by atoms with E-state index >= 15 is 0 Å². The second-order valence-electron chi connectivity index (χ2n) is 11.0. The van der Waals surface area contributed by atoms with Gasteiger partial charge in [-0.3, -0.25) is 9.59 Å². The SMILES string of the molecule is Cc1c2cccc1C(=O)N1CCc3ccc(cc3C1)C(CC(=O)O)c1ccc3c(nnn3CCCCCO2)c1C. The van der Waals surface area contributed by atoms with Crippen molar-refractivity contribution in [1.29, 1.82) is 0 Å². The van der Waals surface area contributed by atoms with Crippen LogP contribution >= 0.6 is 0 Å². The van der Waals surface area contributed by atoms with Gasteiger partial charge in [0.25, 0.3) is 5.91 Å². The first kappa shape index (κ1) is 26.0. The lowest BCUT2D eigenvalue weighted by molar-refractivity contribution is -0.137. The highest BCUT2D eigenvalue weighted by Crippen LogP contribution is 2.35. The number of nitrogens with zero attached hydrogens (tertiary/aromatic N) is 4. The van der Waals surface area contributed by atoms with Crippen LogP contribution in [0, 0.1) is 13.8 Å². The number of carboxylic acids is 1. The molecule has 0 spiro atoms. The largest absolute Gasteiger partial charge is 0.493 e. The first-order valence-electron chi connectivity index (χ1n) is 14.1. The molecule has 0 fully saturated rings. The third kappa shape index (κ3) is 4.83. The van der Waals surface area contributed by atoms with Gasteiger partial charge >= 0.3 is 5.97 Å². The molecular formula is C32H34N4O4. The van der Waals surface area contributed by atoms with Gasteiger partial charge in [0.2, 0.25) is 0 Å². The predicted octanol–water partition coefficient (Wildman–Crippen LogP) is 5.42. The fourth-order valence-corrected chi connectivity index (χ4v) is 6.17. The van der Waals surface area contributed by atoms with Crippen LogP contribution in [-0.2, 0) is 24.3 Å². The molecule has 4 aromatic rings. The average molecular weight is 539 g/mol. The van der Waals surface area contributed by atoms with Crippen molar-refractivity contribution in [2.24, 2.45) is 0 Å². The Kier molecular flexibility index (Phi) is 7.00. The van der Waals surface area contributed by atoms with Gasteiger partial charge in [0.1, 0.15) is 11.3 Å². The van der Waals surface area contributed by atoms with Crippen molar-refractivity contribution in [1.82, 2.24) is 19.9 Å². The van der Waals surface area contributed by atoms with Crippen LogP contribution in [0.4, 0.5) is 0 Å². The number of hydrogen-bond acceptors (Lipinski definition) is 5. The first-order valence-corrected chi connectivity index (χ1v) is 14.1. The van der Waals surface area contributed by atoms with E-state index in [-0.39, 0.29) is 18.2 Å². The lowest BCUT2D eigenvalue weighted by atomic mass is 9.83. The molecule has 3 aliphatic heterocycles. The Morgan fingerprint density at radius 2 is 1.90 bits per heavy atom. The minimum Gasteiger partial charge on any atom is -0.493 e. The predicted molar refractivity (Wildman–Crippen MR) is 152 cm³/mol. The number of fused-ring (bicyclic) bond motifs is 6. The normalized spacial score (nSPS) is 17.7. The molecule has 0 radical (unpaired) electrons. The monoisotopic (exact) mass is 538 g/mol. The molecule has 1 aromatic heterocycles. The maximum Gasteiger partial charge on any atom is 0.304 e. The molecule has 0 saturated carbocycles. The second kappa shape index (κ2) is 10.8. The summed E-state index contributed by atoms with van der Waals surface area (Å²) in [5, 5.41) is 18.8. The topological polar surface area (TPSA) is 97.5 Å². The molecule has 3 aliphatic rings. The standard InChI is InChI=1S/C32H34N4O4/c1-20-26-7-6-8-29(20)40-16-5-3-4-14-36-28-12-11-25(21(2)31(28)33-34-36)27(18-30(37)38)23-10-9-22-13-15-35(32(26)39)19-24(22)17-23/h6-12,17,27H,3-5,13-16,18-19H2,1-2H3,(H,37,38). The molecule has 0 aliphatic carbocycles. The zero-order valence-corrected chi connectivity index (χ0v) is 23.0. The summed E-state index contributed by atoms with van der Waals surface area (Å²) in [6.45, 7) is 6.42. The number of amides is 1. The van der Waals surface area contributed by atoms with Crippen molar-refractivity contribution in [2.75, 3.05) is 13.2 Å². The van der Waals surface area contributed by atoms with Crippen LogP contribution in [0.2, 0.25) is 0 Å². The zero-order valence-electron chi connectivity index (χ0n) is 23.0. The number of aryl methyl sites for hydroxylation is 2.